The van der Waals surface area contributed by atoms with Crippen molar-refractivity contribution < 1.29 is 9.90 Å². The number of hydrogen-bond acceptors (Lipinski definition) is 8. The van der Waals surface area contributed by atoms with E-state index in [1.54, 1.807) is 29.3 Å². The zero-order chi connectivity index (χ0) is 22.8. The fraction of sp³-hybridized carbons (Fsp3) is 0.455. The molecule has 0 radical (unpaired) electrons. The molecule has 2 fully saturated rings. The van der Waals surface area contributed by atoms with Crippen LogP contribution < -0.4 is 10.5 Å². The predicted molar refractivity (Wildman–Crippen MR) is 132 cm³/mol. The number of β-amino-alcohol motifs (C(OH)–C–C–N with tert-alkyl or cyclic N) is 1. The highest BCUT2D eigenvalue weighted by atomic mass is 32.2. The van der Waals surface area contributed by atoms with E-state index < -0.39 is 0 Å². The SMILES string of the molecule is CC[C@H](C)N1C(=O)/C(=C/c2c(N3CCN(CCO)CC3)nc3ccccn3c2=O)SC1=S. The first-order valence-corrected chi connectivity index (χ1v) is 12.0. The molecule has 4 rings (SSSR count). The molecule has 0 aromatic carbocycles. The lowest BCUT2D eigenvalue weighted by Gasteiger charge is -2.35. The molecule has 0 unspecified atom stereocenters. The molecule has 0 saturated carbocycles. The third-order valence-electron chi connectivity index (χ3n) is 5.97. The molecule has 1 atom stereocenters. The molecule has 2 saturated heterocycles. The summed E-state index contributed by atoms with van der Waals surface area (Å²) >= 11 is 6.69. The number of nitrogens with zero attached hydrogens (tertiary/aromatic N) is 5. The molecule has 1 N–H and O–H groups in total. The Bertz CT molecular complexity index is 1120. The number of anilines is 1. The van der Waals surface area contributed by atoms with Crippen molar-refractivity contribution in [2.24, 2.45) is 0 Å². The summed E-state index contributed by atoms with van der Waals surface area (Å²) < 4.78 is 2.02. The van der Waals surface area contributed by atoms with Crippen molar-refractivity contribution in [1.82, 2.24) is 19.2 Å². The molecule has 2 aromatic heterocycles. The number of fused-ring (bicyclic) bond motifs is 1. The van der Waals surface area contributed by atoms with Crippen molar-refractivity contribution in [3.05, 3.63) is 45.2 Å². The number of aliphatic hydroxyl groups excluding tert-OH is 1. The Hall–Kier alpha value is -2.27. The van der Waals surface area contributed by atoms with Crippen molar-refractivity contribution in [1.29, 1.82) is 0 Å². The number of pyridine rings is 1. The number of thioether (sulfide) groups is 1. The van der Waals surface area contributed by atoms with Gasteiger partial charge in [0.15, 0.2) is 0 Å². The molecule has 170 valence electrons. The van der Waals surface area contributed by atoms with E-state index in [0.29, 0.717) is 45.9 Å². The maximum absolute atomic E-state index is 13.4. The number of hydrogen-bond donors (Lipinski definition) is 1. The molecule has 2 aromatic rings. The van der Waals surface area contributed by atoms with Gasteiger partial charge in [-0.2, -0.15) is 0 Å². The first kappa shape index (κ1) is 22.9. The van der Waals surface area contributed by atoms with E-state index in [4.69, 9.17) is 17.2 Å². The van der Waals surface area contributed by atoms with E-state index in [0.717, 1.165) is 19.5 Å². The zero-order valence-corrected chi connectivity index (χ0v) is 19.9. The molecule has 2 aliphatic heterocycles. The molecule has 8 nitrogen and oxygen atoms in total. The lowest BCUT2D eigenvalue weighted by Crippen LogP contribution is -2.48. The van der Waals surface area contributed by atoms with Gasteiger partial charge in [-0.15, -0.1) is 0 Å². The Morgan fingerprint density at radius 2 is 2.00 bits per heavy atom. The average Bonchev–Trinajstić information content (AvgIpc) is 3.08. The third kappa shape index (κ3) is 4.32. The molecular weight excluding hydrogens is 446 g/mol. The van der Waals surface area contributed by atoms with Crippen molar-refractivity contribution in [3.63, 3.8) is 0 Å². The Labute approximate surface area is 196 Å². The first-order chi connectivity index (χ1) is 15.4. The number of carbonyl (C=O) groups excluding carboxylic acids is 1. The predicted octanol–water partition coefficient (Wildman–Crippen LogP) is 1.81. The van der Waals surface area contributed by atoms with Crippen LogP contribution in [0.5, 0.6) is 0 Å². The molecule has 4 heterocycles. The van der Waals surface area contributed by atoms with Crippen LogP contribution in [0.4, 0.5) is 5.82 Å². The van der Waals surface area contributed by atoms with Gasteiger partial charge >= 0.3 is 0 Å². The smallest absolute Gasteiger partial charge is 0.267 e. The maximum atomic E-state index is 13.4. The second kappa shape index (κ2) is 9.70. The van der Waals surface area contributed by atoms with Crippen molar-refractivity contribution >= 4 is 51.7 Å². The Kier molecular flexibility index (Phi) is 6.94. The fourth-order valence-corrected chi connectivity index (χ4v) is 5.40. The minimum atomic E-state index is -0.211. The number of rotatable bonds is 6. The van der Waals surface area contributed by atoms with Crippen molar-refractivity contribution in [2.75, 3.05) is 44.2 Å². The summed E-state index contributed by atoms with van der Waals surface area (Å²) in [6.45, 7) is 7.65. The van der Waals surface area contributed by atoms with E-state index in [9.17, 15) is 14.7 Å². The highest BCUT2D eigenvalue weighted by Gasteiger charge is 2.35. The number of carbonyl (C=O) groups is 1. The molecule has 0 bridgehead atoms. The monoisotopic (exact) mass is 473 g/mol. The minimum Gasteiger partial charge on any atom is -0.395 e. The quantitative estimate of drug-likeness (QED) is 0.503. The molecule has 1 amide bonds. The van der Waals surface area contributed by atoms with Crippen molar-refractivity contribution in [3.8, 4) is 0 Å². The lowest BCUT2D eigenvalue weighted by molar-refractivity contribution is -0.123. The van der Waals surface area contributed by atoms with Crippen LogP contribution in [-0.4, -0.2) is 79.9 Å². The summed E-state index contributed by atoms with van der Waals surface area (Å²) in [4.78, 5) is 37.7. The second-order valence-corrected chi connectivity index (χ2v) is 9.62. The minimum absolute atomic E-state index is 0.00305. The van der Waals surface area contributed by atoms with Gasteiger partial charge in [-0.25, -0.2) is 4.98 Å². The Morgan fingerprint density at radius 3 is 2.69 bits per heavy atom. The van der Waals surface area contributed by atoms with Crippen LogP contribution >= 0.6 is 24.0 Å². The summed E-state index contributed by atoms with van der Waals surface area (Å²) in [6.07, 6.45) is 4.14. The summed E-state index contributed by atoms with van der Waals surface area (Å²) in [6, 6.07) is 5.44. The highest BCUT2D eigenvalue weighted by molar-refractivity contribution is 8.26. The first-order valence-electron chi connectivity index (χ1n) is 10.8. The molecule has 10 heteroatoms. The number of aromatic nitrogens is 2. The topological polar surface area (TPSA) is 81.4 Å². The molecular formula is C22H27N5O3S2. The van der Waals surface area contributed by atoms with Crippen LogP contribution in [0.25, 0.3) is 11.7 Å². The maximum Gasteiger partial charge on any atom is 0.267 e. The van der Waals surface area contributed by atoms with Gasteiger partial charge in [0.1, 0.15) is 15.8 Å². The van der Waals surface area contributed by atoms with Gasteiger partial charge in [-0.05, 0) is 31.6 Å². The average molecular weight is 474 g/mol. The number of aliphatic hydroxyl groups is 1. The lowest BCUT2D eigenvalue weighted by atomic mass is 10.2. The van der Waals surface area contributed by atoms with Gasteiger partial charge in [-0.3, -0.25) is 23.8 Å². The third-order valence-corrected chi connectivity index (χ3v) is 7.30. The van der Waals surface area contributed by atoms with Gasteiger partial charge in [-0.1, -0.05) is 37.0 Å². The van der Waals surface area contributed by atoms with Gasteiger partial charge in [0.05, 0.1) is 17.1 Å². The molecule has 32 heavy (non-hydrogen) atoms. The van der Waals surface area contributed by atoms with E-state index in [1.807, 2.05) is 19.9 Å². The zero-order valence-electron chi connectivity index (χ0n) is 18.2. The number of piperazine rings is 1. The molecule has 2 aliphatic rings. The summed E-state index contributed by atoms with van der Waals surface area (Å²) in [5.74, 6) is 0.421. The second-order valence-electron chi connectivity index (χ2n) is 7.94. The highest BCUT2D eigenvalue weighted by Crippen LogP contribution is 2.35. The Balaban J connectivity index is 1.77. The van der Waals surface area contributed by atoms with E-state index in [1.165, 1.54) is 16.2 Å². The van der Waals surface area contributed by atoms with Crippen molar-refractivity contribution in [2.45, 2.75) is 26.3 Å². The largest absolute Gasteiger partial charge is 0.395 e. The van der Waals surface area contributed by atoms with Gasteiger partial charge in [0.25, 0.3) is 11.5 Å². The van der Waals surface area contributed by atoms with Crippen LogP contribution in [0.3, 0.4) is 0 Å². The van der Waals surface area contributed by atoms with Crippen LogP contribution in [0.15, 0.2) is 34.1 Å². The van der Waals surface area contributed by atoms with Gasteiger partial charge < -0.3 is 10.0 Å². The van der Waals surface area contributed by atoms with Gasteiger partial charge in [0, 0.05) is 45.0 Å². The van der Waals surface area contributed by atoms with E-state index in [-0.39, 0.29) is 24.1 Å². The number of amides is 1. The van der Waals surface area contributed by atoms with E-state index >= 15 is 0 Å². The van der Waals surface area contributed by atoms with E-state index in [2.05, 4.69) is 9.80 Å². The van der Waals surface area contributed by atoms with Gasteiger partial charge in [0.2, 0.25) is 0 Å². The van der Waals surface area contributed by atoms with Crippen LogP contribution in [-0.2, 0) is 4.79 Å². The normalized spacial score (nSPS) is 20.0. The van der Waals surface area contributed by atoms with Crippen LogP contribution in [0.2, 0.25) is 0 Å². The summed E-state index contributed by atoms with van der Waals surface area (Å²) in [5, 5.41) is 9.22. The molecule has 0 aliphatic carbocycles. The van der Waals surface area contributed by atoms with Crippen LogP contribution in [0, 0.1) is 0 Å². The Morgan fingerprint density at radius 1 is 1.25 bits per heavy atom. The summed E-state index contributed by atoms with van der Waals surface area (Å²) in [5.41, 5.74) is 0.751. The fourth-order valence-electron chi connectivity index (χ4n) is 3.96. The standard InChI is InChI=1S/C22H27N5O3S2/c1-3-15(2)27-21(30)17(32-22(27)31)14-16-19(25-10-8-24(9-11-25)12-13-28)23-18-6-4-5-7-26(18)20(16)29/h4-7,14-15,28H,3,8-13H2,1-2H3/b17-14-/t15-/m0/s1. The van der Waals surface area contributed by atoms with Crippen LogP contribution in [0.1, 0.15) is 25.8 Å². The number of thiocarbonyl (C=S) groups is 1. The molecule has 0 spiro atoms. The summed E-state index contributed by atoms with van der Waals surface area (Å²) in [7, 11) is 0.